The third-order valence-corrected chi connectivity index (χ3v) is 1.83. The Balaban J connectivity index is 4.00. The highest BCUT2D eigenvalue weighted by atomic mass is 16.6. The molecular formula is C11H23NO4. The maximum atomic E-state index is 11.3. The third kappa shape index (κ3) is 8.49. The average molecular weight is 233 g/mol. The average Bonchev–Trinajstić information content (AvgIpc) is 1.98. The van der Waals surface area contributed by atoms with Crippen molar-refractivity contribution in [3.05, 3.63) is 0 Å². The second-order valence-corrected chi connectivity index (χ2v) is 4.90. The van der Waals surface area contributed by atoms with E-state index in [1.807, 2.05) is 12.2 Å². The van der Waals surface area contributed by atoms with Gasteiger partial charge in [-0.25, -0.2) is 4.79 Å². The second-order valence-electron chi connectivity index (χ2n) is 4.90. The van der Waals surface area contributed by atoms with Crippen LogP contribution in [0.4, 0.5) is 4.79 Å². The number of hydrogen-bond acceptors (Lipinski definition) is 4. The summed E-state index contributed by atoms with van der Waals surface area (Å²) in [5.41, 5.74) is -0.649. The summed E-state index contributed by atoms with van der Waals surface area (Å²) in [4.78, 5) is 11.3. The molecule has 0 fully saturated rings. The molecule has 0 rings (SSSR count). The van der Waals surface area contributed by atoms with Gasteiger partial charge in [0.1, 0.15) is 5.60 Å². The molecule has 0 spiro atoms. The van der Waals surface area contributed by atoms with E-state index in [2.05, 4.69) is 0 Å². The topological polar surface area (TPSA) is 78.8 Å². The lowest BCUT2D eigenvalue weighted by Crippen LogP contribution is -2.50. The van der Waals surface area contributed by atoms with Crippen molar-refractivity contribution in [2.75, 3.05) is 0 Å². The first-order valence-electron chi connectivity index (χ1n) is 5.62. The molecule has 16 heavy (non-hydrogen) atoms. The van der Waals surface area contributed by atoms with Crippen LogP contribution in [0.2, 0.25) is 0 Å². The minimum absolute atomic E-state index is 0.0973. The zero-order chi connectivity index (χ0) is 12.8. The Hall–Kier alpha value is -0.810. The molecule has 0 bridgehead atoms. The van der Waals surface area contributed by atoms with Gasteiger partial charge in [0.25, 0.3) is 0 Å². The van der Waals surface area contributed by atoms with Crippen LogP contribution in [0.15, 0.2) is 0 Å². The first-order chi connectivity index (χ1) is 7.16. The summed E-state index contributed by atoms with van der Waals surface area (Å²) < 4.78 is 4.91. The SMILES string of the molecule is CCCCCC(O)(O)NC(=O)OC(C)(C)C. The van der Waals surface area contributed by atoms with Crippen molar-refractivity contribution in [1.29, 1.82) is 0 Å². The predicted octanol–water partition coefficient (Wildman–Crippen LogP) is 1.73. The van der Waals surface area contributed by atoms with Gasteiger partial charge in [-0.15, -0.1) is 0 Å². The number of unbranched alkanes of at least 4 members (excludes halogenated alkanes) is 2. The standard InChI is InChI=1S/C11H23NO4/c1-5-6-7-8-11(14,15)12-9(13)16-10(2,3)4/h14-15H,5-8H2,1-4H3,(H,12,13). The molecule has 0 aliphatic heterocycles. The summed E-state index contributed by atoms with van der Waals surface area (Å²) in [5.74, 6) is -2.18. The lowest BCUT2D eigenvalue weighted by Gasteiger charge is -2.26. The Morgan fingerprint density at radius 3 is 2.25 bits per heavy atom. The van der Waals surface area contributed by atoms with Gasteiger partial charge in [-0.1, -0.05) is 19.8 Å². The minimum Gasteiger partial charge on any atom is -0.444 e. The quantitative estimate of drug-likeness (QED) is 0.499. The zero-order valence-corrected chi connectivity index (χ0v) is 10.5. The Bertz CT molecular complexity index is 221. The molecule has 0 radical (unpaired) electrons. The van der Waals surface area contributed by atoms with Gasteiger partial charge in [0, 0.05) is 6.42 Å². The van der Waals surface area contributed by atoms with Crippen LogP contribution in [0.3, 0.4) is 0 Å². The van der Waals surface area contributed by atoms with Crippen LogP contribution < -0.4 is 5.32 Å². The van der Waals surface area contributed by atoms with Gasteiger partial charge in [-0.3, -0.25) is 5.32 Å². The van der Waals surface area contributed by atoms with Crippen molar-refractivity contribution in [3.8, 4) is 0 Å². The van der Waals surface area contributed by atoms with Crippen LogP contribution in [0.1, 0.15) is 53.4 Å². The Kier molecular flexibility index (Phi) is 5.75. The number of nitrogens with one attached hydrogen (secondary N) is 1. The van der Waals surface area contributed by atoms with Crippen LogP contribution in [0, 0.1) is 0 Å². The normalized spacial score (nSPS) is 12.4. The van der Waals surface area contributed by atoms with E-state index in [0.29, 0.717) is 6.42 Å². The van der Waals surface area contributed by atoms with Crippen molar-refractivity contribution in [2.45, 2.75) is 64.9 Å². The number of alkyl carbamates (subject to hydrolysis) is 1. The van der Waals surface area contributed by atoms with E-state index >= 15 is 0 Å². The summed E-state index contributed by atoms with van der Waals surface area (Å²) in [6, 6.07) is 0. The van der Waals surface area contributed by atoms with Crippen molar-refractivity contribution >= 4 is 6.09 Å². The van der Waals surface area contributed by atoms with Gasteiger partial charge in [0.05, 0.1) is 0 Å². The van der Waals surface area contributed by atoms with Gasteiger partial charge in [0.2, 0.25) is 5.91 Å². The van der Waals surface area contributed by atoms with Crippen molar-refractivity contribution < 1.29 is 19.7 Å². The molecular weight excluding hydrogens is 210 g/mol. The van der Waals surface area contributed by atoms with Crippen molar-refractivity contribution in [3.63, 3.8) is 0 Å². The van der Waals surface area contributed by atoms with Gasteiger partial charge < -0.3 is 14.9 Å². The molecule has 0 aromatic heterocycles. The molecule has 0 heterocycles. The first kappa shape index (κ1) is 15.2. The van der Waals surface area contributed by atoms with E-state index in [-0.39, 0.29) is 6.42 Å². The number of ether oxygens (including phenoxy) is 1. The fraction of sp³-hybridized carbons (Fsp3) is 0.909. The highest BCUT2D eigenvalue weighted by Gasteiger charge is 2.27. The molecule has 5 heteroatoms. The highest BCUT2D eigenvalue weighted by molar-refractivity contribution is 5.68. The number of carbonyl (C=O) groups is 1. The maximum Gasteiger partial charge on any atom is 0.411 e. The predicted molar refractivity (Wildman–Crippen MR) is 60.7 cm³/mol. The lowest BCUT2D eigenvalue weighted by atomic mass is 10.1. The van der Waals surface area contributed by atoms with Crippen LogP contribution >= 0.6 is 0 Å². The number of rotatable bonds is 5. The molecule has 0 atom stereocenters. The van der Waals surface area contributed by atoms with Crippen LogP contribution in [0.5, 0.6) is 0 Å². The zero-order valence-electron chi connectivity index (χ0n) is 10.5. The summed E-state index contributed by atoms with van der Waals surface area (Å²) in [5, 5.41) is 20.9. The maximum absolute atomic E-state index is 11.3. The number of aliphatic hydroxyl groups is 2. The highest BCUT2D eigenvalue weighted by Crippen LogP contribution is 2.11. The molecule has 96 valence electrons. The summed E-state index contributed by atoms with van der Waals surface area (Å²) >= 11 is 0. The Labute approximate surface area is 96.8 Å². The molecule has 0 aromatic rings. The largest absolute Gasteiger partial charge is 0.444 e. The fourth-order valence-electron chi connectivity index (χ4n) is 1.15. The molecule has 0 aromatic carbocycles. The van der Waals surface area contributed by atoms with Gasteiger partial charge in [-0.2, -0.15) is 0 Å². The Morgan fingerprint density at radius 2 is 1.81 bits per heavy atom. The van der Waals surface area contributed by atoms with E-state index in [1.165, 1.54) is 0 Å². The number of amides is 1. The molecule has 3 N–H and O–H groups in total. The fourth-order valence-corrected chi connectivity index (χ4v) is 1.15. The molecule has 1 amide bonds. The summed E-state index contributed by atoms with van der Waals surface area (Å²) in [6.07, 6.45) is 1.77. The Morgan fingerprint density at radius 1 is 1.25 bits per heavy atom. The van der Waals surface area contributed by atoms with Gasteiger partial charge in [-0.05, 0) is 27.2 Å². The van der Waals surface area contributed by atoms with Gasteiger partial charge in [0.15, 0.2) is 0 Å². The van der Waals surface area contributed by atoms with E-state index in [0.717, 1.165) is 12.8 Å². The van der Waals surface area contributed by atoms with E-state index in [4.69, 9.17) is 4.74 Å². The first-order valence-corrected chi connectivity index (χ1v) is 5.62. The molecule has 0 saturated heterocycles. The monoisotopic (exact) mass is 233 g/mol. The van der Waals surface area contributed by atoms with Crippen molar-refractivity contribution in [2.24, 2.45) is 0 Å². The van der Waals surface area contributed by atoms with E-state index in [1.54, 1.807) is 20.8 Å². The summed E-state index contributed by atoms with van der Waals surface area (Å²) in [6.45, 7) is 7.14. The third-order valence-electron chi connectivity index (χ3n) is 1.83. The number of carbonyl (C=O) groups excluding carboxylic acids is 1. The van der Waals surface area contributed by atoms with Gasteiger partial charge >= 0.3 is 6.09 Å². The van der Waals surface area contributed by atoms with E-state index in [9.17, 15) is 15.0 Å². The van der Waals surface area contributed by atoms with Crippen LogP contribution in [-0.2, 0) is 4.74 Å². The molecule has 0 aliphatic carbocycles. The molecule has 0 saturated carbocycles. The second kappa shape index (κ2) is 6.06. The van der Waals surface area contributed by atoms with Crippen LogP contribution in [-0.4, -0.2) is 27.8 Å². The van der Waals surface area contributed by atoms with E-state index < -0.39 is 17.6 Å². The molecule has 0 unspecified atom stereocenters. The lowest BCUT2D eigenvalue weighted by molar-refractivity contribution is -0.185. The number of hydrogen-bond donors (Lipinski definition) is 3. The molecule has 5 nitrogen and oxygen atoms in total. The van der Waals surface area contributed by atoms with Crippen molar-refractivity contribution in [1.82, 2.24) is 5.32 Å². The van der Waals surface area contributed by atoms with Crippen LogP contribution in [0.25, 0.3) is 0 Å². The summed E-state index contributed by atoms with van der Waals surface area (Å²) in [7, 11) is 0. The molecule has 0 aliphatic rings. The minimum atomic E-state index is -2.18. The smallest absolute Gasteiger partial charge is 0.411 e.